The molecule has 2 aromatic carbocycles. The van der Waals surface area contributed by atoms with E-state index in [2.05, 4.69) is 28.5 Å². The fourth-order valence-electron chi connectivity index (χ4n) is 5.21. The minimum Gasteiger partial charge on any atom is -0.496 e. The number of aryl methyl sites for hydroxylation is 1. The second-order valence-corrected chi connectivity index (χ2v) is 11.4. The predicted octanol–water partition coefficient (Wildman–Crippen LogP) is 3.50. The summed E-state index contributed by atoms with van der Waals surface area (Å²) >= 11 is 0. The lowest BCUT2D eigenvalue weighted by Crippen LogP contribution is -2.38. The third-order valence-corrected chi connectivity index (χ3v) is 8.88. The van der Waals surface area contributed by atoms with Crippen LogP contribution in [-0.2, 0) is 16.6 Å². The number of piperidine rings is 1. The molecule has 0 unspecified atom stereocenters. The molecule has 1 amide bonds. The fraction of sp³-hybridized carbons (Fsp3) is 0.423. The van der Waals surface area contributed by atoms with Crippen molar-refractivity contribution in [3.63, 3.8) is 0 Å². The highest BCUT2D eigenvalue weighted by Crippen LogP contribution is 2.38. The number of rotatable bonds is 8. The minimum atomic E-state index is -3.19. The van der Waals surface area contributed by atoms with E-state index in [1.54, 1.807) is 18.3 Å². The molecular weight excluding hydrogens is 464 g/mol. The van der Waals surface area contributed by atoms with E-state index in [1.165, 1.54) is 0 Å². The number of carbonyl (C=O) groups is 1. The van der Waals surface area contributed by atoms with Gasteiger partial charge in [0.15, 0.2) is 0 Å². The van der Waals surface area contributed by atoms with Gasteiger partial charge >= 0.3 is 0 Å². The van der Waals surface area contributed by atoms with Gasteiger partial charge < -0.3 is 20.8 Å². The van der Waals surface area contributed by atoms with Gasteiger partial charge in [0.2, 0.25) is 10.0 Å². The molecule has 0 spiro atoms. The molecule has 0 bridgehead atoms. The summed E-state index contributed by atoms with van der Waals surface area (Å²) in [5.74, 6) is 0.665. The van der Waals surface area contributed by atoms with E-state index >= 15 is 0 Å². The summed E-state index contributed by atoms with van der Waals surface area (Å²) in [4.78, 5) is 15.7. The molecule has 8 nitrogen and oxygen atoms in total. The van der Waals surface area contributed by atoms with Crippen LogP contribution >= 0.6 is 0 Å². The number of nitrogens with zero attached hydrogens (tertiary/aromatic N) is 1. The lowest BCUT2D eigenvalue weighted by molar-refractivity contribution is 0.100. The number of sulfonamides is 1. The number of aromatic nitrogens is 1. The molecule has 1 aromatic heterocycles. The third-order valence-electron chi connectivity index (χ3n) is 7.00. The van der Waals surface area contributed by atoms with Crippen LogP contribution in [0.1, 0.15) is 52.7 Å². The first-order valence-corrected chi connectivity index (χ1v) is 13.6. The van der Waals surface area contributed by atoms with Gasteiger partial charge in [-0.25, -0.2) is 12.7 Å². The first-order chi connectivity index (χ1) is 16.7. The highest BCUT2D eigenvalue weighted by Gasteiger charge is 2.29. The largest absolute Gasteiger partial charge is 0.496 e. The van der Waals surface area contributed by atoms with Gasteiger partial charge in [0.05, 0.1) is 23.9 Å². The van der Waals surface area contributed by atoms with E-state index in [-0.39, 0.29) is 11.7 Å². The summed E-state index contributed by atoms with van der Waals surface area (Å²) in [5, 5.41) is 4.14. The van der Waals surface area contributed by atoms with Gasteiger partial charge in [0.1, 0.15) is 5.75 Å². The molecule has 2 heterocycles. The number of hydrogen-bond donors (Lipinski definition) is 3. The Hall–Kier alpha value is -2.88. The fourth-order valence-corrected chi connectivity index (χ4v) is 6.34. The summed E-state index contributed by atoms with van der Waals surface area (Å²) in [6.07, 6.45) is 3.41. The number of aromatic amines is 1. The Labute approximate surface area is 206 Å². The van der Waals surface area contributed by atoms with Crippen molar-refractivity contribution in [3.05, 3.63) is 52.7 Å². The smallest absolute Gasteiger partial charge is 0.250 e. The van der Waals surface area contributed by atoms with Crippen LogP contribution in [0.2, 0.25) is 0 Å². The quantitative estimate of drug-likeness (QED) is 0.439. The van der Waals surface area contributed by atoms with Crippen LogP contribution in [0.3, 0.4) is 0 Å². The van der Waals surface area contributed by atoms with E-state index in [0.717, 1.165) is 57.3 Å². The van der Waals surface area contributed by atoms with Crippen LogP contribution in [-0.4, -0.2) is 56.6 Å². The van der Waals surface area contributed by atoms with Crippen molar-refractivity contribution in [1.29, 1.82) is 0 Å². The van der Waals surface area contributed by atoms with Crippen molar-refractivity contribution in [1.82, 2.24) is 14.6 Å². The molecule has 0 aliphatic carbocycles. The minimum absolute atomic E-state index is 0.118. The van der Waals surface area contributed by atoms with Crippen molar-refractivity contribution in [2.75, 3.05) is 33.0 Å². The van der Waals surface area contributed by atoms with Gasteiger partial charge in [0.25, 0.3) is 5.91 Å². The lowest BCUT2D eigenvalue weighted by Gasteiger charge is -2.31. The van der Waals surface area contributed by atoms with Gasteiger partial charge in [-0.2, -0.15) is 0 Å². The number of benzene rings is 2. The highest BCUT2D eigenvalue weighted by atomic mass is 32.2. The number of primary amides is 1. The topological polar surface area (TPSA) is 118 Å². The molecule has 3 aromatic rings. The summed E-state index contributed by atoms with van der Waals surface area (Å²) < 4.78 is 31.8. The highest BCUT2D eigenvalue weighted by molar-refractivity contribution is 7.89. The van der Waals surface area contributed by atoms with Crippen LogP contribution < -0.4 is 15.8 Å². The number of fused-ring (bicyclic) bond motifs is 1. The van der Waals surface area contributed by atoms with Crippen molar-refractivity contribution in [2.45, 2.75) is 39.2 Å². The summed E-state index contributed by atoms with van der Waals surface area (Å²) in [5.41, 5.74) is 12.0. The molecular formula is C26H34N4O4S. The number of nitrogens with one attached hydrogen (secondary N) is 2. The average molecular weight is 499 g/mol. The van der Waals surface area contributed by atoms with Crippen LogP contribution in [0.4, 0.5) is 0 Å². The van der Waals surface area contributed by atoms with E-state index in [0.29, 0.717) is 25.2 Å². The monoisotopic (exact) mass is 498 g/mol. The maximum atomic E-state index is 12.4. The summed E-state index contributed by atoms with van der Waals surface area (Å²) in [6.45, 7) is 5.34. The van der Waals surface area contributed by atoms with Crippen LogP contribution in [0.15, 0.2) is 30.5 Å². The van der Waals surface area contributed by atoms with Crippen molar-refractivity contribution in [2.24, 2.45) is 5.73 Å². The molecule has 4 N–H and O–H groups in total. The first-order valence-electron chi connectivity index (χ1n) is 11.9. The molecule has 1 fully saturated rings. The molecule has 188 valence electrons. The second-order valence-electron chi connectivity index (χ2n) is 9.14. The van der Waals surface area contributed by atoms with Crippen LogP contribution in [0.5, 0.6) is 5.75 Å². The predicted molar refractivity (Wildman–Crippen MR) is 139 cm³/mol. The molecule has 9 heteroatoms. The Bertz CT molecular complexity index is 1360. The maximum absolute atomic E-state index is 12.4. The van der Waals surface area contributed by atoms with Gasteiger partial charge in [-0.3, -0.25) is 4.79 Å². The Kier molecular flexibility index (Phi) is 7.21. The molecule has 0 atom stereocenters. The molecule has 0 saturated carbocycles. The van der Waals surface area contributed by atoms with E-state index in [9.17, 15) is 13.2 Å². The van der Waals surface area contributed by atoms with E-state index < -0.39 is 15.9 Å². The van der Waals surface area contributed by atoms with Gasteiger partial charge in [-0.05, 0) is 86.2 Å². The van der Waals surface area contributed by atoms with E-state index in [1.807, 2.05) is 26.2 Å². The summed E-state index contributed by atoms with van der Waals surface area (Å²) in [7, 11) is 0.372. The third kappa shape index (κ3) is 4.80. The number of hydrogen-bond acceptors (Lipinski definition) is 5. The van der Waals surface area contributed by atoms with Gasteiger partial charge in [0, 0.05) is 36.8 Å². The van der Waals surface area contributed by atoms with Gasteiger partial charge in [-0.1, -0.05) is 0 Å². The molecule has 1 saturated heterocycles. The zero-order chi connectivity index (χ0) is 25.3. The molecule has 0 radical (unpaired) electrons. The molecule has 35 heavy (non-hydrogen) atoms. The second kappa shape index (κ2) is 10.0. The van der Waals surface area contributed by atoms with Crippen LogP contribution in [0, 0.1) is 6.92 Å². The number of amides is 1. The zero-order valence-corrected chi connectivity index (χ0v) is 21.6. The number of H-pyrrole nitrogens is 1. The first kappa shape index (κ1) is 25.2. The van der Waals surface area contributed by atoms with Crippen molar-refractivity contribution < 1.29 is 17.9 Å². The standard InChI is InChI=1S/C26H34N4O4S/c1-5-35(32,33)30-8-6-17(7-9-30)23-15-29-24-21(23)12-19(13-22(24)26(27)31)18-10-16(2)25(34-4)20(11-18)14-28-3/h10-13,15,17,28-29H,5-9,14H2,1-4H3,(H2,27,31). The number of carbonyl (C=O) groups excluding carboxylic acids is 1. The zero-order valence-electron chi connectivity index (χ0n) is 20.8. The SMILES string of the molecule is CCS(=O)(=O)N1CCC(c2c[nH]c3c(C(N)=O)cc(-c4cc(C)c(OC)c(CNC)c4)cc23)CC1. The molecule has 1 aliphatic heterocycles. The number of ether oxygens (including phenoxy) is 1. The molecule has 4 rings (SSSR count). The maximum Gasteiger partial charge on any atom is 0.250 e. The summed E-state index contributed by atoms with van der Waals surface area (Å²) in [6, 6.07) is 8.08. The van der Waals surface area contributed by atoms with E-state index in [4.69, 9.17) is 10.5 Å². The Morgan fingerprint density at radius 3 is 2.49 bits per heavy atom. The normalized spacial score (nSPS) is 15.5. The number of methoxy groups -OCH3 is 1. The van der Waals surface area contributed by atoms with Crippen molar-refractivity contribution >= 4 is 26.8 Å². The lowest BCUT2D eigenvalue weighted by atomic mass is 9.88. The Balaban J connectivity index is 1.78. The molecule has 1 aliphatic rings. The van der Waals surface area contributed by atoms with Crippen molar-refractivity contribution in [3.8, 4) is 16.9 Å². The Morgan fingerprint density at radius 1 is 1.20 bits per heavy atom. The average Bonchev–Trinajstić information content (AvgIpc) is 3.27. The van der Waals surface area contributed by atoms with Crippen LogP contribution in [0.25, 0.3) is 22.0 Å². The number of nitrogens with two attached hydrogens (primary N) is 1. The Morgan fingerprint density at radius 2 is 1.89 bits per heavy atom. The van der Waals surface area contributed by atoms with Gasteiger partial charge in [-0.15, -0.1) is 0 Å².